The van der Waals surface area contributed by atoms with Gasteiger partial charge in [-0.2, -0.15) is 5.10 Å². The molecule has 0 aliphatic rings. The van der Waals surface area contributed by atoms with E-state index in [2.05, 4.69) is 20.7 Å². The molecule has 0 radical (unpaired) electrons. The van der Waals surface area contributed by atoms with Crippen LogP contribution in [-0.4, -0.2) is 49.0 Å². The number of amides is 2. The Kier molecular flexibility index (Phi) is 5.44. The summed E-state index contributed by atoms with van der Waals surface area (Å²) in [5, 5.41) is 25.8. The molecule has 1 atom stereocenters. The zero-order valence-corrected chi connectivity index (χ0v) is 10.7. The molecule has 0 unspecified atom stereocenters. The maximum atomic E-state index is 11.5. The predicted molar refractivity (Wildman–Crippen MR) is 64.7 cm³/mol. The number of rotatable bonds is 7. The lowest BCUT2D eigenvalue weighted by atomic mass is 10.1. The topological polar surface area (TPSA) is 146 Å². The van der Waals surface area contributed by atoms with E-state index >= 15 is 0 Å². The van der Waals surface area contributed by atoms with E-state index in [1.165, 1.54) is 11.0 Å². The Hall–Kier alpha value is -2.65. The van der Waals surface area contributed by atoms with Gasteiger partial charge in [0.1, 0.15) is 12.4 Å². The average Bonchev–Trinajstić information content (AvgIpc) is 2.77. The van der Waals surface area contributed by atoms with E-state index in [-0.39, 0.29) is 19.4 Å². The third-order valence-electron chi connectivity index (χ3n) is 2.30. The highest BCUT2D eigenvalue weighted by Gasteiger charge is 2.20. The van der Waals surface area contributed by atoms with Crippen molar-refractivity contribution < 1.29 is 24.6 Å². The monoisotopic (exact) mass is 285 g/mol. The molecular formula is C10H15N5O5. The number of carboxylic acids is 2. The van der Waals surface area contributed by atoms with E-state index < -0.39 is 24.0 Å². The molecule has 4 N–H and O–H groups in total. The zero-order valence-electron chi connectivity index (χ0n) is 10.7. The molecule has 1 rings (SSSR count). The van der Waals surface area contributed by atoms with Gasteiger partial charge >= 0.3 is 18.0 Å². The number of hydrogen-bond acceptors (Lipinski definition) is 5. The fraction of sp³-hybridized carbons (Fsp3) is 0.500. The van der Waals surface area contributed by atoms with Crippen molar-refractivity contribution in [1.29, 1.82) is 0 Å². The van der Waals surface area contributed by atoms with E-state index in [0.29, 0.717) is 5.82 Å². The number of carbonyl (C=O) groups is 3. The summed E-state index contributed by atoms with van der Waals surface area (Å²) in [4.78, 5) is 36.6. The van der Waals surface area contributed by atoms with Gasteiger partial charge in [0.25, 0.3) is 0 Å². The van der Waals surface area contributed by atoms with Crippen molar-refractivity contribution in [2.75, 3.05) is 0 Å². The van der Waals surface area contributed by atoms with Crippen molar-refractivity contribution in [2.45, 2.75) is 25.4 Å². The molecule has 10 nitrogen and oxygen atoms in total. The predicted octanol–water partition coefficient (Wildman–Crippen LogP) is -1.07. The number of carboxylic acid groups (broad SMARTS) is 2. The lowest BCUT2D eigenvalue weighted by Crippen LogP contribution is -2.46. The van der Waals surface area contributed by atoms with Crippen LogP contribution < -0.4 is 10.6 Å². The Morgan fingerprint density at radius 2 is 2.10 bits per heavy atom. The second kappa shape index (κ2) is 7.07. The van der Waals surface area contributed by atoms with Gasteiger partial charge in [-0.1, -0.05) is 0 Å². The van der Waals surface area contributed by atoms with E-state index in [1.807, 2.05) is 0 Å². The number of aliphatic carboxylic acids is 2. The van der Waals surface area contributed by atoms with Gasteiger partial charge in [0.05, 0.1) is 6.54 Å². The maximum Gasteiger partial charge on any atom is 0.326 e. The second-order valence-electron chi connectivity index (χ2n) is 3.98. The first-order valence-corrected chi connectivity index (χ1v) is 5.72. The van der Waals surface area contributed by atoms with Crippen LogP contribution >= 0.6 is 0 Å². The molecule has 0 aliphatic carbocycles. The summed E-state index contributed by atoms with van der Waals surface area (Å²) in [5.74, 6) is -2.05. The van der Waals surface area contributed by atoms with Crippen LogP contribution in [0.25, 0.3) is 0 Å². The van der Waals surface area contributed by atoms with E-state index in [9.17, 15) is 14.4 Å². The Morgan fingerprint density at radius 1 is 1.40 bits per heavy atom. The lowest BCUT2D eigenvalue weighted by Gasteiger charge is -2.13. The molecule has 110 valence electrons. The van der Waals surface area contributed by atoms with Gasteiger partial charge in [-0.3, -0.25) is 9.48 Å². The van der Waals surface area contributed by atoms with E-state index in [4.69, 9.17) is 10.2 Å². The second-order valence-corrected chi connectivity index (χ2v) is 3.98. The first-order valence-electron chi connectivity index (χ1n) is 5.72. The van der Waals surface area contributed by atoms with Crippen molar-refractivity contribution in [2.24, 2.45) is 7.05 Å². The molecule has 10 heteroatoms. The first kappa shape index (κ1) is 15.4. The summed E-state index contributed by atoms with van der Waals surface area (Å²) in [7, 11) is 1.67. The molecular weight excluding hydrogens is 270 g/mol. The van der Waals surface area contributed by atoms with Gasteiger partial charge in [-0.25, -0.2) is 14.6 Å². The third-order valence-corrected chi connectivity index (χ3v) is 2.30. The summed E-state index contributed by atoms with van der Waals surface area (Å²) < 4.78 is 1.46. The highest BCUT2D eigenvalue weighted by atomic mass is 16.4. The van der Waals surface area contributed by atoms with Gasteiger partial charge in [0, 0.05) is 13.5 Å². The van der Waals surface area contributed by atoms with Gasteiger partial charge in [0.15, 0.2) is 5.82 Å². The van der Waals surface area contributed by atoms with Crippen molar-refractivity contribution in [1.82, 2.24) is 25.4 Å². The van der Waals surface area contributed by atoms with E-state index in [0.717, 1.165) is 0 Å². The lowest BCUT2D eigenvalue weighted by molar-refractivity contribution is -0.140. The number of hydrogen-bond donors (Lipinski definition) is 4. The highest BCUT2D eigenvalue weighted by molar-refractivity contribution is 5.82. The summed E-state index contributed by atoms with van der Waals surface area (Å²) in [5.41, 5.74) is 0. The molecule has 20 heavy (non-hydrogen) atoms. The quantitative estimate of drug-likeness (QED) is 0.499. The number of urea groups is 1. The summed E-state index contributed by atoms with van der Waals surface area (Å²) in [6.07, 6.45) is 0.917. The van der Waals surface area contributed by atoms with E-state index in [1.54, 1.807) is 7.05 Å². The van der Waals surface area contributed by atoms with Crippen LogP contribution in [0.4, 0.5) is 4.79 Å². The molecule has 0 spiro atoms. The Morgan fingerprint density at radius 3 is 2.60 bits per heavy atom. The van der Waals surface area contributed by atoms with Crippen LogP contribution in [0.1, 0.15) is 18.7 Å². The molecule has 0 fully saturated rings. The number of nitrogens with zero attached hydrogens (tertiary/aromatic N) is 3. The molecule has 1 aromatic rings. The van der Waals surface area contributed by atoms with Crippen molar-refractivity contribution in [3.8, 4) is 0 Å². The number of aryl methyl sites for hydroxylation is 1. The number of nitrogens with one attached hydrogen (secondary N) is 2. The summed E-state index contributed by atoms with van der Waals surface area (Å²) >= 11 is 0. The Bertz CT molecular complexity index is 500. The van der Waals surface area contributed by atoms with Crippen LogP contribution in [-0.2, 0) is 23.2 Å². The number of aromatic nitrogens is 3. The van der Waals surface area contributed by atoms with Crippen molar-refractivity contribution in [3.63, 3.8) is 0 Å². The molecule has 0 saturated carbocycles. The van der Waals surface area contributed by atoms with Gasteiger partial charge in [0.2, 0.25) is 0 Å². The number of carbonyl (C=O) groups excluding carboxylic acids is 1. The van der Waals surface area contributed by atoms with Crippen LogP contribution in [0, 0.1) is 0 Å². The Balaban J connectivity index is 2.41. The van der Waals surface area contributed by atoms with Crippen LogP contribution in [0.5, 0.6) is 0 Å². The van der Waals surface area contributed by atoms with Crippen molar-refractivity contribution in [3.05, 3.63) is 12.2 Å². The summed E-state index contributed by atoms with van der Waals surface area (Å²) in [6.45, 7) is 0.0396. The van der Waals surface area contributed by atoms with Gasteiger partial charge in [-0.05, 0) is 6.42 Å². The Labute approximate surface area is 113 Å². The molecule has 1 aromatic heterocycles. The van der Waals surface area contributed by atoms with Crippen LogP contribution in [0.15, 0.2) is 6.33 Å². The van der Waals surface area contributed by atoms with Crippen molar-refractivity contribution >= 4 is 18.0 Å². The molecule has 2 amide bonds. The smallest absolute Gasteiger partial charge is 0.326 e. The maximum absolute atomic E-state index is 11.5. The van der Waals surface area contributed by atoms with Gasteiger partial charge in [-0.15, -0.1) is 0 Å². The standard InChI is InChI=1S/C10H15N5O5/c1-15-5-12-7(14-15)4-11-10(20)13-6(9(18)19)2-3-8(16)17/h5-6H,2-4H2,1H3,(H,16,17)(H,18,19)(H2,11,13,20)/t6-/m0/s1. The highest BCUT2D eigenvalue weighted by Crippen LogP contribution is 1.98. The fourth-order valence-corrected chi connectivity index (χ4v) is 1.36. The fourth-order valence-electron chi connectivity index (χ4n) is 1.36. The molecule has 0 bridgehead atoms. The van der Waals surface area contributed by atoms with Crippen LogP contribution in [0.3, 0.4) is 0 Å². The minimum Gasteiger partial charge on any atom is -0.481 e. The largest absolute Gasteiger partial charge is 0.481 e. The first-order chi connectivity index (χ1) is 9.38. The molecule has 0 saturated heterocycles. The normalized spacial score (nSPS) is 11.7. The van der Waals surface area contributed by atoms with Gasteiger partial charge < -0.3 is 20.8 Å². The molecule has 1 heterocycles. The average molecular weight is 285 g/mol. The zero-order chi connectivity index (χ0) is 15.1. The third kappa shape index (κ3) is 5.33. The van der Waals surface area contributed by atoms with Crippen LogP contribution in [0.2, 0.25) is 0 Å². The molecule has 0 aromatic carbocycles. The minimum absolute atomic E-state index is 0.0396. The molecule has 0 aliphatic heterocycles. The summed E-state index contributed by atoms with van der Waals surface area (Å²) in [6, 6.07) is -1.99. The SMILES string of the molecule is Cn1cnc(CNC(=O)N[C@@H](CCC(=O)O)C(=O)O)n1. The minimum atomic E-state index is -1.29.